The van der Waals surface area contributed by atoms with E-state index in [2.05, 4.69) is 26.0 Å². The van der Waals surface area contributed by atoms with Gasteiger partial charge in [0.25, 0.3) is 5.56 Å². The van der Waals surface area contributed by atoms with Crippen LogP contribution in [0.15, 0.2) is 62.9 Å². The molecule has 10 heteroatoms. The monoisotopic (exact) mass is 593 g/mol. The average molecular weight is 596 g/mol. The van der Waals surface area contributed by atoms with E-state index in [9.17, 15) is 4.79 Å². The number of benzene rings is 3. The lowest BCUT2D eigenvalue weighted by molar-refractivity contribution is 0.284. The Bertz CT molecular complexity index is 1510. The minimum atomic E-state index is -0.281. The van der Waals surface area contributed by atoms with E-state index in [1.54, 1.807) is 36.4 Å². The first-order valence-electron chi connectivity index (χ1n) is 10.5. The van der Waals surface area contributed by atoms with Crippen LogP contribution in [-0.2, 0) is 13.0 Å². The zero-order valence-electron chi connectivity index (χ0n) is 18.7. The largest absolute Gasteiger partial charge is 0.493 e. The van der Waals surface area contributed by atoms with Gasteiger partial charge in [-0.15, -0.1) is 0 Å². The molecular formula is C25H19BrCl3N3O3. The van der Waals surface area contributed by atoms with E-state index in [4.69, 9.17) is 44.3 Å². The molecule has 0 N–H and O–H groups in total. The molecule has 0 bridgehead atoms. The lowest BCUT2D eigenvalue weighted by Gasteiger charge is -2.14. The average Bonchev–Trinajstić information content (AvgIpc) is 2.84. The molecule has 0 atom stereocenters. The van der Waals surface area contributed by atoms with Gasteiger partial charge in [0.1, 0.15) is 12.4 Å². The second-order valence-electron chi connectivity index (χ2n) is 7.47. The molecule has 0 aliphatic heterocycles. The number of ether oxygens (including phenoxy) is 2. The molecule has 1 aromatic heterocycles. The predicted octanol–water partition coefficient (Wildman–Crippen LogP) is 7.15. The van der Waals surface area contributed by atoms with E-state index in [-0.39, 0.29) is 12.2 Å². The lowest BCUT2D eigenvalue weighted by Crippen LogP contribution is -2.22. The highest BCUT2D eigenvalue weighted by atomic mass is 79.9. The van der Waals surface area contributed by atoms with Crippen LogP contribution in [0.2, 0.25) is 15.1 Å². The SMILES string of the molecule is CCc1nc2ccc(Br)cc2c(=O)n1N=Cc1cc(Cl)cc(OC)c1OCc1ccc(Cl)c(Cl)c1. The molecule has 0 saturated heterocycles. The molecule has 0 unspecified atom stereocenters. The summed E-state index contributed by atoms with van der Waals surface area (Å²) in [6.07, 6.45) is 2.02. The molecular weight excluding hydrogens is 577 g/mol. The fraction of sp³-hybridized carbons (Fsp3) is 0.160. The number of aromatic nitrogens is 2. The molecule has 1 heterocycles. The normalized spacial score (nSPS) is 11.4. The van der Waals surface area contributed by atoms with Gasteiger partial charge in [0.15, 0.2) is 11.5 Å². The van der Waals surface area contributed by atoms with Crippen LogP contribution in [0.5, 0.6) is 11.5 Å². The summed E-state index contributed by atoms with van der Waals surface area (Å²) < 4.78 is 13.6. The smallest absolute Gasteiger partial charge is 0.282 e. The van der Waals surface area contributed by atoms with Crippen LogP contribution >= 0.6 is 50.7 Å². The van der Waals surface area contributed by atoms with Gasteiger partial charge in [-0.1, -0.05) is 63.7 Å². The first-order chi connectivity index (χ1) is 16.8. The van der Waals surface area contributed by atoms with Crippen molar-refractivity contribution in [1.82, 2.24) is 9.66 Å². The van der Waals surface area contributed by atoms with Crippen molar-refractivity contribution in [3.8, 4) is 11.5 Å². The first kappa shape index (κ1) is 25.5. The van der Waals surface area contributed by atoms with Crippen molar-refractivity contribution in [2.45, 2.75) is 20.0 Å². The van der Waals surface area contributed by atoms with Gasteiger partial charge in [-0.25, -0.2) is 4.98 Å². The summed E-state index contributed by atoms with van der Waals surface area (Å²) in [7, 11) is 1.52. The summed E-state index contributed by atoms with van der Waals surface area (Å²) in [4.78, 5) is 17.8. The predicted molar refractivity (Wildman–Crippen MR) is 145 cm³/mol. The molecule has 0 fully saturated rings. The maximum atomic E-state index is 13.2. The van der Waals surface area contributed by atoms with E-state index in [0.29, 0.717) is 55.3 Å². The van der Waals surface area contributed by atoms with E-state index < -0.39 is 0 Å². The molecule has 0 spiro atoms. The molecule has 4 rings (SSSR count). The molecule has 35 heavy (non-hydrogen) atoms. The van der Waals surface area contributed by atoms with Gasteiger partial charge in [-0.05, 0) is 42.0 Å². The van der Waals surface area contributed by atoms with E-state index in [1.807, 2.05) is 19.1 Å². The highest BCUT2D eigenvalue weighted by molar-refractivity contribution is 9.10. The summed E-state index contributed by atoms with van der Waals surface area (Å²) in [6, 6.07) is 13.9. The molecule has 0 aliphatic carbocycles. The quantitative estimate of drug-likeness (QED) is 0.213. The van der Waals surface area contributed by atoms with Crippen molar-refractivity contribution >= 4 is 67.9 Å². The van der Waals surface area contributed by atoms with E-state index in [1.165, 1.54) is 18.0 Å². The van der Waals surface area contributed by atoms with Crippen LogP contribution in [0.25, 0.3) is 10.9 Å². The van der Waals surface area contributed by atoms with E-state index in [0.717, 1.165) is 10.0 Å². The van der Waals surface area contributed by atoms with Crippen LogP contribution in [0.3, 0.4) is 0 Å². The van der Waals surface area contributed by atoms with Crippen molar-refractivity contribution in [2.75, 3.05) is 7.11 Å². The Balaban J connectivity index is 1.76. The minimum Gasteiger partial charge on any atom is -0.493 e. The van der Waals surface area contributed by atoms with Crippen molar-refractivity contribution in [1.29, 1.82) is 0 Å². The second-order valence-corrected chi connectivity index (χ2v) is 9.63. The van der Waals surface area contributed by atoms with Crippen LogP contribution in [0.4, 0.5) is 0 Å². The highest BCUT2D eigenvalue weighted by Crippen LogP contribution is 2.35. The molecule has 0 amide bonds. The third-order valence-corrected chi connectivity index (χ3v) is 6.59. The second kappa shape index (κ2) is 11.0. The molecule has 4 aromatic rings. The van der Waals surface area contributed by atoms with Gasteiger partial charge in [0.05, 0.1) is 34.3 Å². The molecule has 0 radical (unpaired) electrons. The van der Waals surface area contributed by atoms with Crippen molar-refractivity contribution in [3.05, 3.63) is 95.4 Å². The summed E-state index contributed by atoms with van der Waals surface area (Å²) in [5, 5.41) is 6.22. The zero-order valence-corrected chi connectivity index (χ0v) is 22.5. The first-order valence-corrected chi connectivity index (χ1v) is 12.4. The Kier molecular flexibility index (Phi) is 8.02. The summed E-state index contributed by atoms with van der Waals surface area (Å²) >= 11 is 21.8. The van der Waals surface area contributed by atoms with Gasteiger partial charge in [-0.3, -0.25) is 4.79 Å². The van der Waals surface area contributed by atoms with E-state index >= 15 is 0 Å². The van der Waals surface area contributed by atoms with Gasteiger partial charge in [0, 0.05) is 27.5 Å². The molecule has 3 aromatic carbocycles. The molecule has 0 aliphatic rings. The number of rotatable bonds is 7. The van der Waals surface area contributed by atoms with Crippen LogP contribution in [0, 0.1) is 0 Å². The Morgan fingerprint density at radius 2 is 1.89 bits per heavy atom. The van der Waals surface area contributed by atoms with Crippen molar-refractivity contribution < 1.29 is 9.47 Å². The maximum absolute atomic E-state index is 13.2. The molecule has 0 saturated carbocycles. The topological polar surface area (TPSA) is 65.7 Å². The maximum Gasteiger partial charge on any atom is 0.282 e. The van der Waals surface area contributed by atoms with Crippen molar-refractivity contribution in [2.24, 2.45) is 5.10 Å². The Hall–Kier alpha value is -2.58. The number of hydrogen-bond acceptors (Lipinski definition) is 5. The Morgan fingerprint density at radius 3 is 2.60 bits per heavy atom. The van der Waals surface area contributed by atoms with Crippen LogP contribution < -0.4 is 15.0 Å². The fourth-order valence-electron chi connectivity index (χ4n) is 3.44. The van der Waals surface area contributed by atoms with Gasteiger partial charge >= 0.3 is 0 Å². The number of hydrogen-bond donors (Lipinski definition) is 0. The summed E-state index contributed by atoms with van der Waals surface area (Å²) in [5.41, 5.74) is 1.67. The number of methoxy groups -OCH3 is 1. The summed E-state index contributed by atoms with van der Waals surface area (Å²) in [5.74, 6) is 1.35. The summed E-state index contributed by atoms with van der Waals surface area (Å²) in [6.45, 7) is 2.11. The Morgan fingerprint density at radius 1 is 1.09 bits per heavy atom. The van der Waals surface area contributed by atoms with Gasteiger partial charge in [0.2, 0.25) is 0 Å². The minimum absolute atomic E-state index is 0.196. The van der Waals surface area contributed by atoms with Crippen LogP contribution in [0.1, 0.15) is 23.9 Å². The third kappa shape index (κ3) is 5.64. The lowest BCUT2D eigenvalue weighted by atomic mass is 10.2. The van der Waals surface area contributed by atoms with Gasteiger partial charge < -0.3 is 9.47 Å². The number of aryl methyl sites for hydroxylation is 1. The van der Waals surface area contributed by atoms with Gasteiger partial charge in [-0.2, -0.15) is 9.78 Å². The van der Waals surface area contributed by atoms with Crippen molar-refractivity contribution in [3.63, 3.8) is 0 Å². The number of nitrogens with zero attached hydrogens (tertiary/aromatic N) is 3. The molecule has 180 valence electrons. The highest BCUT2D eigenvalue weighted by Gasteiger charge is 2.14. The zero-order chi connectivity index (χ0) is 25.1. The standard InChI is InChI=1S/C25H19BrCl3N3O3/c1-3-23-31-21-7-5-16(26)10-18(21)25(33)32(23)30-12-15-9-17(27)11-22(34-2)24(15)35-13-14-4-6-19(28)20(29)8-14/h4-12H,3,13H2,1-2H3. The number of fused-ring (bicyclic) bond motifs is 1. The van der Waals surface area contributed by atoms with Crippen LogP contribution in [-0.4, -0.2) is 23.0 Å². The fourth-order valence-corrected chi connectivity index (χ4v) is 4.34. The number of halogens is 4. The Labute approximate surface area is 225 Å². The third-order valence-electron chi connectivity index (χ3n) is 5.14. The molecule has 6 nitrogen and oxygen atoms in total.